The summed E-state index contributed by atoms with van der Waals surface area (Å²) in [6, 6.07) is 23.9. The van der Waals surface area contributed by atoms with E-state index in [2.05, 4.69) is 34.2 Å². The fourth-order valence-electron chi connectivity index (χ4n) is 5.34. The van der Waals surface area contributed by atoms with Crippen LogP contribution >= 0.6 is 0 Å². The van der Waals surface area contributed by atoms with Crippen molar-refractivity contribution in [3.63, 3.8) is 0 Å². The Morgan fingerprint density at radius 1 is 1.00 bits per heavy atom. The average molecular weight is 515 g/mol. The van der Waals surface area contributed by atoms with Gasteiger partial charge in [-0.05, 0) is 62.2 Å². The Kier molecular flexibility index (Phi) is 7.79. The highest BCUT2D eigenvalue weighted by Crippen LogP contribution is 2.39. The third-order valence-electron chi connectivity index (χ3n) is 7.23. The van der Waals surface area contributed by atoms with Crippen molar-refractivity contribution < 1.29 is 19.1 Å². The number of benzene rings is 3. The maximum Gasteiger partial charge on any atom is 0.415 e. The summed E-state index contributed by atoms with van der Waals surface area (Å²) >= 11 is 0. The van der Waals surface area contributed by atoms with E-state index in [-0.39, 0.29) is 24.6 Å². The number of likely N-dealkylation sites (tertiary alicyclic amines) is 1. The quantitative estimate of drug-likeness (QED) is 0.433. The van der Waals surface area contributed by atoms with Crippen molar-refractivity contribution >= 4 is 34.7 Å². The number of methoxy groups -OCH3 is 1. The maximum atomic E-state index is 12.8. The van der Waals surface area contributed by atoms with Gasteiger partial charge in [0.05, 0.1) is 19.3 Å². The molecule has 0 radical (unpaired) electrons. The molecule has 38 heavy (non-hydrogen) atoms. The number of carbonyl (C=O) groups excluding carboxylic acids is 2. The van der Waals surface area contributed by atoms with Crippen LogP contribution in [0.15, 0.2) is 72.8 Å². The molecule has 2 heterocycles. The highest BCUT2D eigenvalue weighted by atomic mass is 16.6. The second-order valence-electron chi connectivity index (χ2n) is 9.57. The third kappa shape index (κ3) is 5.45. The molecule has 1 fully saturated rings. The number of para-hydroxylation sites is 2. The summed E-state index contributed by atoms with van der Waals surface area (Å²) < 4.78 is 11.0. The number of hydrogen-bond donors (Lipinski definition) is 1. The Labute approximate surface area is 223 Å². The van der Waals surface area contributed by atoms with Gasteiger partial charge < -0.3 is 19.7 Å². The lowest BCUT2D eigenvalue weighted by Gasteiger charge is -2.40. The largest absolute Gasteiger partial charge is 0.495 e. The van der Waals surface area contributed by atoms with E-state index in [0.717, 1.165) is 47.7 Å². The Balaban J connectivity index is 1.16. The minimum absolute atomic E-state index is 0.00386. The lowest BCUT2D eigenvalue weighted by atomic mass is 10.0. The van der Waals surface area contributed by atoms with Crippen LogP contribution in [0, 0.1) is 0 Å². The molecule has 0 atom stereocenters. The highest BCUT2D eigenvalue weighted by molar-refractivity contribution is 5.94. The van der Waals surface area contributed by atoms with Crippen molar-refractivity contribution in [3.05, 3.63) is 78.4 Å². The van der Waals surface area contributed by atoms with Crippen molar-refractivity contribution in [1.29, 1.82) is 0 Å². The number of anilines is 4. The number of nitrogens with one attached hydrogen (secondary N) is 1. The van der Waals surface area contributed by atoms with Gasteiger partial charge in [-0.1, -0.05) is 30.3 Å². The first-order chi connectivity index (χ1) is 18.6. The molecule has 3 aromatic rings. The molecular formula is C30H34N4O4. The van der Waals surface area contributed by atoms with Gasteiger partial charge in [0.25, 0.3) is 0 Å². The average Bonchev–Trinajstić information content (AvgIpc) is 2.95. The monoisotopic (exact) mass is 514 g/mol. The Bertz CT molecular complexity index is 1240. The Hall–Kier alpha value is -4.04. The molecule has 0 unspecified atom stereocenters. The zero-order valence-electron chi connectivity index (χ0n) is 21.9. The minimum atomic E-state index is -0.337. The molecule has 198 valence electrons. The predicted octanol–water partition coefficient (Wildman–Crippen LogP) is 5.41. The summed E-state index contributed by atoms with van der Waals surface area (Å²) in [5, 5.41) is 3.02. The lowest BCUT2D eigenvalue weighted by molar-refractivity contribution is -0.117. The summed E-state index contributed by atoms with van der Waals surface area (Å²) in [5.41, 5.74) is 4.74. The van der Waals surface area contributed by atoms with Crippen LogP contribution in [0.3, 0.4) is 0 Å². The van der Waals surface area contributed by atoms with Gasteiger partial charge in [0.15, 0.2) is 0 Å². The van der Waals surface area contributed by atoms with Crippen LogP contribution in [0.5, 0.6) is 5.75 Å². The number of piperidine rings is 1. The molecule has 1 N–H and O–H groups in total. The maximum absolute atomic E-state index is 12.8. The van der Waals surface area contributed by atoms with Crippen molar-refractivity contribution in [2.24, 2.45) is 0 Å². The summed E-state index contributed by atoms with van der Waals surface area (Å²) in [6.45, 7) is 4.96. The van der Waals surface area contributed by atoms with Gasteiger partial charge in [0.2, 0.25) is 5.91 Å². The van der Waals surface area contributed by atoms with E-state index in [0.29, 0.717) is 25.4 Å². The Morgan fingerprint density at radius 3 is 2.39 bits per heavy atom. The van der Waals surface area contributed by atoms with Gasteiger partial charge in [-0.3, -0.25) is 14.6 Å². The van der Waals surface area contributed by atoms with E-state index >= 15 is 0 Å². The van der Waals surface area contributed by atoms with E-state index in [1.807, 2.05) is 60.7 Å². The van der Waals surface area contributed by atoms with Gasteiger partial charge in [-0.15, -0.1) is 0 Å². The van der Waals surface area contributed by atoms with Gasteiger partial charge in [0, 0.05) is 48.3 Å². The minimum Gasteiger partial charge on any atom is -0.495 e. The predicted molar refractivity (Wildman–Crippen MR) is 149 cm³/mol. The molecule has 2 aliphatic rings. The molecule has 8 heteroatoms. The zero-order chi connectivity index (χ0) is 26.5. The van der Waals surface area contributed by atoms with E-state index in [9.17, 15) is 9.59 Å². The number of carbonyl (C=O) groups is 2. The first-order valence-corrected chi connectivity index (χ1v) is 13.1. The molecule has 2 aliphatic heterocycles. The summed E-state index contributed by atoms with van der Waals surface area (Å²) in [6.07, 6.45) is 1.16. The van der Waals surface area contributed by atoms with Crippen LogP contribution in [0.1, 0.15) is 25.3 Å². The molecule has 0 aliphatic carbocycles. The molecule has 5 rings (SSSR count). The van der Waals surface area contributed by atoms with Crippen LogP contribution in [-0.2, 0) is 16.1 Å². The summed E-state index contributed by atoms with van der Waals surface area (Å²) in [4.78, 5) is 31.6. The molecular weight excluding hydrogens is 480 g/mol. The molecule has 0 aromatic heterocycles. The van der Waals surface area contributed by atoms with Gasteiger partial charge in [0.1, 0.15) is 12.4 Å². The molecule has 8 nitrogen and oxygen atoms in total. The first-order valence-electron chi connectivity index (χ1n) is 13.1. The number of cyclic esters (lactones) is 1. The zero-order valence-corrected chi connectivity index (χ0v) is 21.9. The third-order valence-corrected chi connectivity index (χ3v) is 7.23. The van der Waals surface area contributed by atoms with Crippen LogP contribution < -0.4 is 19.9 Å². The van der Waals surface area contributed by atoms with Crippen molar-refractivity contribution in [1.82, 2.24) is 4.90 Å². The molecule has 1 saturated heterocycles. The van der Waals surface area contributed by atoms with Crippen LogP contribution in [-0.4, -0.2) is 56.2 Å². The van der Waals surface area contributed by atoms with E-state index < -0.39 is 0 Å². The fraction of sp³-hybridized carbons (Fsp3) is 0.333. The smallest absolute Gasteiger partial charge is 0.415 e. The van der Waals surface area contributed by atoms with Crippen LogP contribution in [0.4, 0.5) is 27.5 Å². The number of ether oxygens (including phenoxy) is 2. The molecule has 3 aromatic carbocycles. The van der Waals surface area contributed by atoms with E-state index in [1.165, 1.54) is 0 Å². The van der Waals surface area contributed by atoms with Crippen LogP contribution in [0.2, 0.25) is 0 Å². The lowest BCUT2D eigenvalue weighted by Crippen LogP contribution is -2.50. The van der Waals surface area contributed by atoms with Gasteiger partial charge in [-0.25, -0.2) is 4.79 Å². The summed E-state index contributed by atoms with van der Waals surface area (Å²) in [5.74, 6) is 0.633. The van der Waals surface area contributed by atoms with Crippen LogP contribution in [0.25, 0.3) is 0 Å². The van der Waals surface area contributed by atoms with Crippen molar-refractivity contribution in [3.8, 4) is 5.75 Å². The summed E-state index contributed by atoms with van der Waals surface area (Å²) in [7, 11) is 1.62. The Morgan fingerprint density at radius 2 is 1.71 bits per heavy atom. The molecule has 0 spiro atoms. The fourth-order valence-corrected chi connectivity index (χ4v) is 5.34. The second-order valence-corrected chi connectivity index (χ2v) is 9.57. The number of nitrogens with zero attached hydrogens (tertiary/aromatic N) is 3. The molecule has 2 amide bonds. The van der Waals surface area contributed by atoms with E-state index in [1.54, 1.807) is 12.0 Å². The number of fused-ring (bicyclic) bond motifs is 1. The number of rotatable bonds is 8. The SMILES string of the molecule is CCN(c1ccccc1)c1ccc(NC(=O)CN2CCC(N3C(=O)OCc4cccc(OC)c43)CC2)cc1. The topological polar surface area (TPSA) is 74.4 Å². The van der Waals surface area contributed by atoms with Gasteiger partial charge in [-0.2, -0.15) is 0 Å². The van der Waals surface area contributed by atoms with E-state index in [4.69, 9.17) is 9.47 Å². The van der Waals surface area contributed by atoms with Crippen molar-refractivity contribution in [2.45, 2.75) is 32.4 Å². The first kappa shape index (κ1) is 25.6. The number of amides is 2. The number of hydrogen-bond acceptors (Lipinski definition) is 6. The standard InChI is InChI=1S/C30H34N4O4/c1-3-33(24-9-5-4-6-10-24)25-14-12-23(13-15-25)31-28(35)20-32-18-16-26(17-19-32)34-29-22(21-38-30(34)36)8-7-11-27(29)37-2/h4-15,26H,3,16-21H2,1-2H3,(H,31,35). The molecule has 0 saturated carbocycles. The normalized spacial score (nSPS) is 15.9. The van der Waals surface area contributed by atoms with Gasteiger partial charge >= 0.3 is 6.09 Å². The van der Waals surface area contributed by atoms with Crippen molar-refractivity contribution in [2.75, 3.05) is 48.4 Å². The molecule has 0 bridgehead atoms. The highest BCUT2D eigenvalue weighted by Gasteiger charge is 2.36. The second kappa shape index (κ2) is 11.6.